The predicted molar refractivity (Wildman–Crippen MR) is 81.1 cm³/mol. The second-order valence-corrected chi connectivity index (χ2v) is 6.45. The number of hydrogen-bond donors (Lipinski definition) is 0. The minimum Gasteiger partial charge on any atom is -0.399 e. The molecule has 0 saturated carbocycles. The third-order valence-electron chi connectivity index (χ3n) is 4.51. The van der Waals surface area contributed by atoms with Crippen LogP contribution in [0.4, 0.5) is 0 Å². The van der Waals surface area contributed by atoms with Gasteiger partial charge in [0.1, 0.15) is 6.07 Å². The van der Waals surface area contributed by atoms with Gasteiger partial charge in [0, 0.05) is 12.4 Å². The summed E-state index contributed by atoms with van der Waals surface area (Å²) in [7, 11) is 1.43. The molecular formula is C15H18BN3O2. The number of aryl methyl sites for hydroxylation is 1. The van der Waals surface area contributed by atoms with Gasteiger partial charge in [-0.2, -0.15) is 10.4 Å². The third kappa shape index (κ3) is 2.05. The third-order valence-corrected chi connectivity index (χ3v) is 4.51. The molecule has 1 fully saturated rings. The van der Waals surface area contributed by atoms with E-state index in [9.17, 15) is 0 Å². The van der Waals surface area contributed by atoms with Gasteiger partial charge in [0.2, 0.25) is 0 Å². The topological polar surface area (TPSA) is 60.1 Å². The summed E-state index contributed by atoms with van der Waals surface area (Å²) in [6.07, 6.45) is 0. The molecule has 0 bridgehead atoms. The minimum atomic E-state index is -0.403. The molecule has 2 heterocycles. The van der Waals surface area contributed by atoms with Gasteiger partial charge in [-0.15, -0.1) is 0 Å². The van der Waals surface area contributed by atoms with Crippen LogP contribution in [0.1, 0.15) is 33.4 Å². The Kier molecular flexibility index (Phi) is 2.91. The van der Waals surface area contributed by atoms with Crippen LogP contribution >= 0.6 is 0 Å². The fraction of sp³-hybridized carbons (Fsp3) is 0.467. The quantitative estimate of drug-likeness (QED) is 0.748. The van der Waals surface area contributed by atoms with E-state index in [2.05, 4.69) is 11.2 Å². The first-order chi connectivity index (χ1) is 9.75. The molecule has 1 aliphatic rings. The van der Waals surface area contributed by atoms with Crippen molar-refractivity contribution in [3.63, 3.8) is 0 Å². The van der Waals surface area contributed by atoms with Gasteiger partial charge in [-0.25, -0.2) is 0 Å². The van der Waals surface area contributed by atoms with Gasteiger partial charge in [-0.05, 0) is 39.2 Å². The molecule has 0 unspecified atom stereocenters. The zero-order valence-electron chi connectivity index (χ0n) is 13.0. The van der Waals surface area contributed by atoms with E-state index in [0.717, 1.165) is 16.4 Å². The van der Waals surface area contributed by atoms with Crippen molar-refractivity contribution < 1.29 is 9.31 Å². The Bertz CT molecular complexity index is 742. The first-order valence-corrected chi connectivity index (χ1v) is 6.97. The van der Waals surface area contributed by atoms with Crippen molar-refractivity contribution >= 4 is 23.5 Å². The van der Waals surface area contributed by atoms with Gasteiger partial charge >= 0.3 is 7.12 Å². The van der Waals surface area contributed by atoms with E-state index in [1.54, 1.807) is 4.68 Å². The fourth-order valence-electron chi connectivity index (χ4n) is 2.48. The summed E-state index contributed by atoms with van der Waals surface area (Å²) >= 11 is 0. The molecule has 0 spiro atoms. The van der Waals surface area contributed by atoms with Crippen LogP contribution in [0.15, 0.2) is 18.2 Å². The Morgan fingerprint density at radius 3 is 2.38 bits per heavy atom. The van der Waals surface area contributed by atoms with Crippen LogP contribution in [-0.2, 0) is 16.4 Å². The van der Waals surface area contributed by atoms with Crippen LogP contribution in [0.2, 0.25) is 0 Å². The molecule has 0 radical (unpaired) electrons. The van der Waals surface area contributed by atoms with E-state index in [1.807, 2.05) is 52.9 Å². The maximum Gasteiger partial charge on any atom is 0.494 e. The predicted octanol–water partition coefficient (Wildman–Crippen LogP) is 1.74. The number of hydrogen-bond acceptors (Lipinski definition) is 4. The van der Waals surface area contributed by atoms with Crippen molar-refractivity contribution in [1.82, 2.24) is 9.78 Å². The van der Waals surface area contributed by atoms with Crippen LogP contribution in [0.5, 0.6) is 0 Å². The molecule has 0 atom stereocenters. The highest BCUT2D eigenvalue weighted by Crippen LogP contribution is 2.36. The lowest BCUT2D eigenvalue weighted by molar-refractivity contribution is 0.00578. The Morgan fingerprint density at radius 2 is 1.81 bits per heavy atom. The summed E-state index contributed by atoms with van der Waals surface area (Å²) in [5, 5.41) is 14.1. The van der Waals surface area contributed by atoms with Crippen LogP contribution in [0.25, 0.3) is 10.9 Å². The smallest absolute Gasteiger partial charge is 0.399 e. The molecule has 1 saturated heterocycles. The van der Waals surface area contributed by atoms with Crippen molar-refractivity contribution in [3.8, 4) is 6.07 Å². The molecule has 1 aromatic heterocycles. The molecule has 6 heteroatoms. The zero-order valence-corrected chi connectivity index (χ0v) is 13.0. The van der Waals surface area contributed by atoms with Crippen LogP contribution in [-0.4, -0.2) is 28.1 Å². The second-order valence-electron chi connectivity index (χ2n) is 6.45. The molecule has 108 valence electrons. The normalized spacial score (nSPS) is 19.9. The Hall–Kier alpha value is -1.84. The molecule has 0 amide bonds. The number of rotatable bonds is 1. The fourth-order valence-corrected chi connectivity index (χ4v) is 2.48. The molecular weight excluding hydrogens is 265 g/mol. The van der Waals surface area contributed by atoms with Crippen molar-refractivity contribution in [3.05, 3.63) is 23.9 Å². The Balaban J connectivity index is 2.04. The van der Waals surface area contributed by atoms with E-state index in [1.165, 1.54) is 0 Å². The van der Waals surface area contributed by atoms with E-state index in [0.29, 0.717) is 5.69 Å². The average Bonchev–Trinajstić information content (AvgIpc) is 2.84. The average molecular weight is 283 g/mol. The summed E-state index contributed by atoms with van der Waals surface area (Å²) in [6, 6.07) is 7.93. The summed E-state index contributed by atoms with van der Waals surface area (Å²) in [5.41, 5.74) is 1.55. The van der Waals surface area contributed by atoms with Crippen LogP contribution in [0.3, 0.4) is 0 Å². The van der Waals surface area contributed by atoms with Crippen LogP contribution < -0.4 is 5.46 Å². The van der Waals surface area contributed by atoms with Gasteiger partial charge < -0.3 is 9.31 Å². The molecule has 1 aromatic carbocycles. The van der Waals surface area contributed by atoms with Crippen molar-refractivity contribution in [2.75, 3.05) is 0 Å². The van der Waals surface area contributed by atoms with Gasteiger partial charge in [-0.1, -0.05) is 12.1 Å². The van der Waals surface area contributed by atoms with Gasteiger partial charge in [0.05, 0.1) is 16.7 Å². The summed E-state index contributed by atoms with van der Waals surface area (Å²) in [6.45, 7) is 8.12. The maximum absolute atomic E-state index is 9.09. The molecule has 0 aliphatic carbocycles. The Morgan fingerprint density at radius 1 is 1.19 bits per heavy atom. The standard InChI is InChI=1S/C15H18BN3O2/c1-14(2)15(3,4)21-16(20-14)10-6-7-11-12(9-17)18-19(5)13(11)8-10/h6-8H,1-5H3. The number of nitriles is 1. The van der Waals surface area contributed by atoms with Crippen molar-refractivity contribution in [1.29, 1.82) is 5.26 Å². The maximum atomic E-state index is 9.09. The number of nitrogens with zero attached hydrogens (tertiary/aromatic N) is 3. The van der Waals surface area contributed by atoms with Crippen LogP contribution in [0, 0.1) is 11.3 Å². The lowest BCUT2D eigenvalue weighted by Crippen LogP contribution is -2.41. The molecule has 3 rings (SSSR count). The number of benzene rings is 1. The first kappa shape index (κ1) is 14.1. The van der Waals surface area contributed by atoms with Crippen molar-refractivity contribution in [2.45, 2.75) is 38.9 Å². The lowest BCUT2D eigenvalue weighted by Gasteiger charge is -2.32. The lowest BCUT2D eigenvalue weighted by atomic mass is 9.79. The van der Waals surface area contributed by atoms with Gasteiger partial charge in [0.25, 0.3) is 0 Å². The SMILES string of the molecule is Cn1nc(C#N)c2ccc(B3OC(C)(C)C(C)(C)O3)cc21. The summed E-state index contributed by atoms with van der Waals surface area (Å²) in [5.74, 6) is 0. The van der Waals surface area contributed by atoms with E-state index >= 15 is 0 Å². The molecule has 21 heavy (non-hydrogen) atoms. The monoisotopic (exact) mass is 283 g/mol. The minimum absolute atomic E-state index is 0.364. The molecule has 0 N–H and O–H groups in total. The molecule has 2 aromatic rings. The van der Waals surface area contributed by atoms with E-state index < -0.39 is 7.12 Å². The van der Waals surface area contributed by atoms with Crippen molar-refractivity contribution in [2.24, 2.45) is 7.05 Å². The van der Waals surface area contributed by atoms with E-state index in [-0.39, 0.29) is 11.2 Å². The first-order valence-electron chi connectivity index (χ1n) is 6.97. The molecule has 1 aliphatic heterocycles. The zero-order chi connectivity index (χ0) is 15.4. The highest BCUT2D eigenvalue weighted by atomic mass is 16.7. The summed E-state index contributed by atoms with van der Waals surface area (Å²) < 4.78 is 13.8. The largest absolute Gasteiger partial charge is 0.494 e. The van der Waals surface area contributed by atoms with Gasteiger partial charge in [0.15, 0.2) is 5.69 Å². The highest BCUT2D eigenvalue weighted by molar-refractivity contribution is 6.62. The highest BCUT2D eigenvalue weighted by Gasteiger charge is 2.51. The number of fused-ring (bicyclic) bond motifs is 1. The van der Waals surface area contributed by atoms with E-state index in [4.69, 9.17) is 14.6 Å². The second kappa shape index (κ2) is 4.33. The molecule has 5 nitrogen and oxygen atoms in total. The van der Waals surface area contributed by atoms with Gasteiger partial charge in [-0.3, -0.25) is 4.68 Å². The Labute approximate surface area is 124 Å². The number of aromatic nitrogens is 2. The summed E-state index contributed by atoms with van der Waals surface area (Å²) in [4.78, 5) is 0.